The minimum Gasteiger partial charge on any atom is -0.497 e. The summed E-state index contributed by atoms with van der Waals surface area (Å²) >= 11 is 0. The first-order valence-corrected chi connectivity index (χ1v) is 15.1. The van der Waals surface area contributed by atoms with Crippen LogP contribution in [0.15, 0.2) is 71.6 Å². The number of ether oxygens (including phenoxy) is 1. The average Bonchev–Trinajstić information content (AvgIpc) is 2.92. The molecular weight excluding hydrogens is 538 g/mol. The Morgan fingerprint density at radius 2 is 1.44 bits per heavy atom. The van der Waals surface area contributed by atoms with Crippen molar-refractivity contribution in [3.8, 4) is 5.75 Å². The highest BCUT2D eigenvalue weighted by Gasteiger charge is 2.32. The van der Waals surface area contributed by atoms with E-state index in [2.05, 4.69) is 5.32 Å². The summed E-state index contributed by atoms with van der Waals surface area (Å²) in [6.45, 7) is 11.4. The molecule has 41 heavy (non-hydrogen) atoms. The smallest absolute Gasteiger partial charge is 0.264 e. The zero-order chi connectivity index (χ0) is 30.3. The van der Waals surface area contributed by atoms with E-state index in [0.29, 0.717) is 18.0 Å². The van der Waals surface area contributed by atoms with Gasteiger partial charge in [-0.3, -0.25) is 13.9 Å². The maximum atomic E-state index is 14.1. The molecule has 3 aromatic rings. The van der Waals surface area contributed by atoms with E-state index >= 15 is 0 Å². The third kappa shape index (κ3) is 8.33. The molecule has 0 bridgehead atoms. The van der Waals surface area contributed by atoms with Gasteiger partial charge >= 0.3 is 0 Å². The summed E-state index contributed by atoms with van der Waals surface area (Å²) in [5, 5.41) is 2.90. The molecule has 220 valence electrons. The predicted octanol–water partition coefficient (Wildman–Crippen LogP) is 5.01. The van der Waals surface area contributed by atoms with Gasteiger partial charge in [-0.15, -0.1) is 0 Å². The van der Waals surface area contributed by atoms with Crippen LogP contribution in [0.2, 0.25) is 0 Å². The Hall–Kier alpha value is -3.85. The second-order valence-corrected chi connectivity index (χ2v) is 12.7. The number of carbonyl (C=O) groups excluding carboxylic acids is 2. The second-order valence-electron chi connectivity index (χ2n) is 10.9. The Kier molecular flexibility index (Phi) is 10.6. The molecule has 0 aliphatic heterocycles. The van der Waals surface area contributed by atoms with Crippen LogP contribution in [0.3, 0.4) is 0 Å². The van der Waals surface area contributed by atoms with E-state index < -0.39 is 28.5 Å². The highest BCUT2D eigenvalue weighted by atomic mass is 32.2. The summed E-state index contributed by atoms with van der Waals surface area (Å²) in [5.74, 6) is 0.0962. The lowest BCUT2D eigenvalue weighted by Crippen LogP contribution is -2.51. The molecule has 0 fully saturated rings. The maximum absolute atomic E-state index is 14.1. The van der Waals surface area contributed by atoms with Crippen molar-refractivity contribution < 1.29 is 22.7 Å². The highest BCUT2D eigenvalue weighted by Crippen LogP contribution is 2.27. The molecule has 3 aromatic carbocycles. The van der Waals surface area contributed by atoms with Crippen LogP contribution in [0.25, 0.3) is 0 Å². The number of benzene rings is 3. The third-order valence-electron chi connectivity index (χ3n) is 6.75. The fraction of sp³-hybridized carbons (Fsp3) is 0.375. The van der Waals surface area contributed by atoms with Crippen LogP contribution in [-0.2, 0) is 26.2 Å². The molecule has 0 radical (unpaired) electrons. The summed E-state index contributed by atoms with van der Waals surface area (Å²) in [4.78, 5) is 28.7. The number of nitrogens with zero attached hydrogens (tertiary/aromatic N) is 2. The van der Waals surface area contributed by atoms with E-state index in [1.165, 1.54) is 4.90 Å². The Morgan fingerprint density at radius 1 is 0.854 bits per heavy atom. The van der Waals surface area contributed by atoms with Crippen LogP contribution in [0.4, 0.5) is 5.69 Å². The van der Waals surface area contributed by atoms with Crippen LogP contribution in [0.1, 0.15) is 43.0 Å². The number of hydrogen-bond acceptors (Lipinski definition) is 5. The first kappa shape index (κ1) is 31.7. The Bertz CT molecular complexity index is 1430. The molecule has 2 amide bonds. The summed E-state index contributed by atoms with van der Waals surface area (Å²) in [5.41, 5.74) is 3.82. The zero-order valence-corrected chi connectivity index (χ0v) is 25.8. The Labute approximate surface area is 244 Å². The summed E-state index contributed by atoms with van der Waals surface area (Å²) in [7, 11) is -2.54. The maximum Gasteiger partial charge on any atom is 0.264 e. The van der Waals surface area contributed by atoms with Crippen molar-refractivity contribution in [2.45, 2.75) is 59.0 Å². The van der Waals surface area contributed by atoms with Gasteiger partial charge in [0.15, 0.2) is 0 Å². The average molecular weight is 580 g/mol. The SMILES string of the molecule is COc1ccc(CN(C(=O)CN(c2cc(C)cc(C)c2)S(=O)(=O)c2ccc(C)cc2)[C@@H](C)C(=O)NCC(C)C)cc1. The van der Waals surface area contributed by atoms with E-state index in [-0.39, 0.29) is 23.3 Å². The van der Waals surface area contributed by atoms with Crippen LogP contribution >= 0.6 is 0 Å². The van der Waals surface area contributed by atoms with Crippen LogP contribution < -0.4 is 14.4 Å². The first-order valence-electron chi connectivity index (χ1n) is 13.7. The number of carbonyl (C=O) groups is 2. The van der Waals surface area contributed by atoms with E-state index in [9.17, 15) is 18.0 Å². The van der Waals surface area contributed by atoms with Crippen molar-refractivity contribution in [3.63, 3.8) is 0 Å². The number of amides is 2. The van der Waals surface area contributed by atoms with Crippen molar-refractivity contribution in [3.05, 3.63) is 89.0 Å². The molecule has 8 nitrogen and oxygen atoms in total. The Morgan fingerprint density at radius 3 is 1.98 bits per heavy atom. The van der Waals surface area contributed by atoms with Gasteiger partial charge in [0.05, 0.1) is 17.7 Å². The molecule has 0 unspecified atom stereocenters. The number of hydrogen-bond donors (Lipinski definition) is 1. The van der Waals surface area contributed by atoms with E-state index in [4.69, 9.17) is 4.74 Å². The van der Waals surface area contributed by atoms with E-state index in [1.807, 2.05) is 52.8 Å². The van der Waals surface area contributed by atoms with Gasteiger partial charge in [0.2, 0.25) is 11.8 Å². The van der Waals surface area contributed by atoms with Gasteiger partial charge in [-0.05, 0) is 86.7 Å². The monoisotopic (exact) mass is 579 g/mol. The molecule has 0 saturated heterocycles. The van der Waals surface area contributed by atoms with Gasteiger partial charge in [0, 0.05) is 13.1 Å². The van der Waals surface area contributed by atoms with Crippen LogP contribution in [-0.4, -0.2) is 51.4 Å². The predicted molar refractivity (Wildman–Crippen MR) is 162 cm³/mol. The first-order chi connectivity index (χ1) is 19.3. The zero-order valence-electron chi connectivity index (χ0n) is 25.0. The molecule has 0 aliphatic rings. The topological polar surface area (TPSA) is 96.0 Å². The lowest BCUT2D eigenvalue weighted by atomic mass is 10.1. The van der Waals surface area contributed by atoms with Gasteiger partial charge < -0.3 is 15.0 Å². The number of anilines is 1. The molecule has 1 atom stereocenters. The van der Waals surface area contributed by atoms with Gasteiger partial charge in [-0.1, -0.05) is 49.7 Å². The van der Waals surface area contributed by atoms with Crippen molar-refractivity contribution >= 4 is 27.5 Å². The minimum absolute atomic E-state index is 0.0829. The van der Waals surface area contributed by atoms with Crippen molar-refractivity contribution in [1.82, 2.24) is 10.2 Å². The number of aryl methyl sites for hydroxylation is 3. The number of nitrogens with one attached hydrogen (secondary N) is 1. The molecular formula is C32H41N3O5S. The van der Waals surface area contributed by atoms with Crippen molar-refractivity contribution in [2.24, 2.45) is 5.92 Å². The minimum atomic E-state index is -4.11. The largest absolute Gasteiger partial charge is 0.497 e. The van der Waals surface area contributed by atoms with Crippen molar-refractivity contribution in [2.75, 3.05) is 24.5 Å². The molecule has 3 rings (SSSR count). The lowest BCUT2D eigenvalue weighted by Gasteiger charge is -2.32. The number of rotatable bonds is 12. The lowest BCUT2D eigenvalue weighted by molar-refractivity contribution is -0.139. The molecule has 9 heteroatoms. The molecule has 0 saturated carbocycles. The van der Waals surface area contributed by atoms with Gasteiger partial charge in [0.25, 0.3) is 10.0 Å². The highest BCUT2D eigenvalue weighted by molar-refractivity contribution is 7.92. The second kappa shape index (κ2) is 13.7. The number of methoxy groups -OCH3 is 1. The van der Waals surface area contributed by atoms with Crippen molar-refractivity contribution in [1.29, 1.82) is 0 Å². The van der Waals surface area contributed by atoms with Gasteiger partial charge in [0.1, 0.15) is 18.3 Å². The fourth-order valence-corrected chi connectivity index (χ4v) is 5.82. The van der Waals surface area contributed by atoms with Gasteiger partial charge in [-0.25, -0.2) is 8.42 Å². The summed E-state index contributed by atoms with van der Waals surface area (Å²) in [6.07, 6.45) is 0. The summed E-state index contributed by atoms with van der Waals surface area (Å²) in [6, 6.07) is 18.4. The summed E-state index contributed by atoms with van der Waals surface area (Å²) < 4.78 is 34.4. The molecule has 0 aliphatic carbocycles. The molecule has 0 spiro atoms. The number of sulfonamides is 1. The van der Waals surface area contributed by atoms with E-state index in [0.717, 1.165) is 26.6 Å². The fourth-order valence-electron chi connectivity index (χ4n) is 4.42. The standard InChI is InChI=1S/C32H41N3O5S/c1-22(2)19-33-32(37)26(6)34(20-27-10-12-29(40-7)13-11-27)31(36)21-35(28-17-24(4)16-25(5)18-28)41(38,39)30-14-8-23(3)9-15-30/h8-18,22,26H,19-21H2,1-7H3,(H,33,37)/t26-/m0/s1. The van der Waals surface area contributed by atoms with Gasteiger partial charge in [-0.2, -0.15) is 0 Å². The van der Waals surface area contributed by atoms with Crippen LogP contribution in [0.5, 0.6) is 5.75 Å². The third-order valence-corrected chi connectivity index (χ3v) is 8.53. The normalized spacial score (nSPS) is 12.1. The quantitative estimate of drug-likeness (QED) is 0.326. The molecule has 0 heterocycles. The molecule has 1 N–H and O–H groups in total. The molecule has 0 aromatic heterocycles. The van der Waals surface area contributed by atoms with Crippen LogP contribution in [0, 0.1) is 26.7 Å². The Balaban J connectivity index is 2.04. The van der Waals surface area contributed by atoms with E-state index in [1.54, 1.807) is 62.6 Å².